The average molecular weight is 147 g/mol. The van der Waals surface area contributed by atoms with E-state index < -0.39 is 0 Å². The Bertz CT molecular complexity index is 264. The first-order valence-corrected chi connectivity index (χ1v) is 3.18. The zero-order valence-electron chi connectivity index (χ0n) is 6.07. The molecule has 1 rings (SSSR count). The van der Waals surface area contributed by atoms with Crippen LogP contribution in [0.15, 0.2) is 40.4 Å². The van der Waals surface area contributed by atoms with Crippen molar-refractivity contribution >= 4 is 12.6 Å². The summed E-state index contributed by atoms with van der Waals surface area (Å²) in [7, 11) is 0. The molecule has 0 saturated carbocycles. The summed E-state index contributed by atoms with van der Waals surface area (Å²) in [5.41, 5.74) is 0.880. The first kappa shape index (κ1) is 7.47. The molecule has 0 aliphatic carbocycles. The number of amidine groups is 1. The average Bonchev–Trinajstić information content (AvgIpc) is 2.09. The Balaban J connectivity index is 3.01. The van der Waals surface area contributed by atoms with Gasteiger partial charge in [0.05, 0.1) is 0 Å². The molecule has 0 heterocycles. The van der Waals surface area contributed by atoms with E-state index in [4.69, 9.17) is 5.84 Å². The normalized spacial score (nSPS) is 11.1. The van der Waals surface area contributed by atoms with Crippen molar-refractivity contribution in [2.75, 3.05) is 0 Å². The van der Waals surface area contributed by atoms with Gasteiger partial charge < -0.3 is 5.84 Å². The standard InChI is InChI=1S/C8H9N3/c1-10-8(11-9)7-5-3-2-4-6-7/h2-6H,1,9H2/b11-8-. The fraction of sp³-hybridized carbons (Fsp3) is 0. The third kappa shape index (κ3) is 1.64. The van der Waals surface area contributed by atoms with Gasteiger partial charge in [-0.2, -0.15) is 5.10 Å². The molecule has 0 radical (unpaired) electrons. The number of benzene rings is 1. The van der Waals surface area contributed by atoms with Gasteiger partial charge in [0.15, 0.2) is 5.84 Å². The van der Waals surface area contributed by atoms with Crippen LogP contribution in [-0.2, 0) is 0 Å². The van der Waals surface area contributed by atoms with Crippen LogP contribution in [0.1, 0.15) is 5.56 Å². The van der Waals surface area contributed by atoms with Crippen molar-refractivity contribution in [3.05, 3.63) is 35.9 Å². The van der Waals surface area contributed by atoms with Gasteiger partial charge in [-0.3, -0.25) is 0 Å². The van der Waals surface area contributed by atoms with E-state index in [1.165, 1.54) is 0 Å². The summed E-state index contributed by atoms with van der Waals surface area (Å²) in [6.07, 6.45) is 0. The van der Waals surface area contributed by atoms with E-state index >= 15 is 0 Å². The number of hydrogen-bond acceptors (Lipinski definition) is 2. The van der Waals surface area contributed by atoms with Crippen LogP contribution in [0.3, 0.4) is 0 Å². The fourth-order valence-electron chi connectivity index (χ4n) is 0.794. The van der Waals surface area contributed by atoms with E-state index in [9.17, 15) is 0 Å². The van der Waals surface area contributed by atoms with Crippen LogP contribution in [0.25, 0.3) is 0 Å². The number of hydrazone groups is 1. The van der Waals surface area contributed by atoms with E-state index in [2.05, 4.69) is 16.8 Å². The highest BCUT2D eigenvalue weighted by Crippen LogP contribution is 2.00. The van der Waals surface area contributed by atoms with E-state index in [0.717, 1.165) is 5.56 Å². The maximum Gasteiger partial charge on any atom is 0.178 e. The molecule has 1 aromatic carbocycles. The Labute approximate surface area is 65.3 Å². The van der Waals surface area contributed by atoms with Gasteiger partial charge in [0.1, 0.15) is 0 Å². The van der Waals surface area contributed by atoms with Crippen molar-refractivity contribution in [1.29, 1.82) is 0 Å². The third-order valence-electron chi connectivity index (χ3n) is 1.30. The molecule has 0 unspecified atom stereocenters. The highest BCUT2D eigenvalue weighted by atomic mass is 15.2. The molecule has 0 aliphatic heterocycles. The molecule has 0 aromatic heterocycles. The van der Waals surface area contributed by atoms with Crippen LogP contribution >= 0.6 is 0 Å². The van der Waals surface area contributed by atoms with Crippen LogP contribution in [0, 0.1) is 0 Å². The highest BCUT2D eigenvalue weighted by Gasteiger charge is 1.96. The Kier molecular flexibility index (Phi) is 2.38. The number of rotatable bonds is 1. The lowest BCUT2D eigenvalue weighted by atomic mass is 10.2. The Hall–Kier alpha value is -1.64. The van der Waals surface area contributed by atoms with Crippen LogP contribution in [-0.4, -0.2) is 12.6 Å². The summed E-state index contributed by atoms with van der Waals surface area (Å²) in [6.45, 7) is 3.35. The number of nitrogens with two attached hydrogens (primary N) is 1. The van der Waals surface area contributed by atoms with Gasteiger partial charge in [-0.1, -0.05) is 30.3 Å². The molecule has 0 saturated heterocycles. The van der Waals surface area contributed by atoms with Gasteiger partial charge in [0.2, 0.25) is 0 Å². The topological polar surface area (TPSA) is 50.7 Å². The molecule has 0 amide bonds. The number of hydrogen-bond donors (Lipinski definition) is 1. The van der Waals surface area contributed by atoms with Gasteiger partial charge in [-0.25, -0.2) is 4.99 Å². The minimum atomic E-state index is 0.464. The second-order valence-electron chi connectivity index (χ2n) is 1.98. The largest absolute Gasteiger partial charge is 0.321 e. The lowest BCUT2D eigenvalue weighted by Crippen LogP contribution is -1.99. The molecule has 2 N–H and O–H groups in total. The van der Waals surface area contributed by atoms with Crippen molar-refractivity contribution < 1.29 is 0 Å². The number of nitrogens with zero attached hydrogens (tertiary/aromatic N) is 2. The molecule has 11 heavy (non-hydrogen) atoms. The predicted molar refractivity (Wildman–Crippen MR) is 46.7 cm³/mol. The second-order valence-corrected chi connectivity index (χ2v) is 1.98. The molecular formula is C8H9N3. The Morgan fingerprint density at radius 2 is 1.91 bits per heavy atom. The SMILES string of the molecule is C=N/C(=N\N)c1ccccc1. The lowest BCUT2D eigenvalue weighted by molar-refractivity contribution is 1.23. The van der Waals surface area contributed by atoms with Gasteiger partial charge in [0.25, 0.3) is 0 Å². The van der Waals surface area contributed by atoms with E-state index in [-0.39, 0.29) is 0 Å². The third-order valence-corrected chi connectivity index (χ3v) is 1.30. The predicted octanol–water partition coefficient (Wildman–Crippen LogP) is 1.01. The minimum Gasteiger partial charge on any atom is -0.321 e. The maximum absolute atomic E-state index is 5.07. The zero-order valence-corrected chi connectivity index (χ0v) is 6.07. The molecule has 0 bridgehead atoms. The summed E-state index contributed by atoms with van der Waals surface area (Å²) in [4.78, 5) is 3.65. The summed E-state index contributed by atoms with van der Waals surface area (Å²) in [5, 5.41) is 3.46. The molecule has 3 nitrogen and oxygen atoms in total. The van der Waals surface area contributed by atoms with Crippen molar-refractivity contribution in [3.8, 4) is 0 Å². The molecule has 56 valence electrons. The molecule has 0 spiro atoms. The van der Waals surface area contributed by atoms with Crippen LogP contribution < -0.4 is 5.84 Å². The first-order valence-electron chi connectivity index (χ1n) is 3.18. The number of aliphatic imine (C=N–C) groups is 1. The van der Waals surface area contributed by atoms with Crippen molar-refractivity contribution in [3.63, 3.8) is 0 Å². The minimum absolute atomic E-state index is 0.464. The van der Waals surface area contributed by atoms with Crippen molar-refractivity contribution in [1.82, 2.24) is 0 Å². The summed E-state index contributed by atoms with van der Waals surface area (Å²) in [5.74, 6) is 5.53. The molecule has 0 atom stereocenters. The van der Waals surface area contributed by atoms with Gasteiger partial charge in [-0.15, -0.1) is 0 Å². The van der Waals surface area contributed by atoms with Gasteiger partial charge in [-0.05, 0) is 6.72 Å². The molecule has 3 heteroatoms. The van der Waals surface area contributed by atoms with Gasteiger partial charge in [0, 0.05) is 5.56 Å². The van der Waals surface area contributed by atoms with Gasteiger partial charge >= 0.3 is 0 Å². The molecule has 1 aromatic rings. The Morgan fingerprint density at radius 3 is 2.36 bits per heavy atom. The van der Waals surface area contributed by atoms with Crippen LogP contribution in [0.5, 0.6) is 0 Å². The van der Waals surface area contributed by atoms with Crippen molar-refractivity contribution in [2.24, 2.45) is 15.9 Å². The quantitative estimate of drug-likeness (QED) is 0.274. The smallest absolute Gasteiger partial charge is 0.178 e. The lowest BCUT2D eigenvalue weighted by Gasteiger charge is -1.95. The van der Waals surface area contributed by atoms with E-state index in [1.807, 2.05) is 30.3 Å². The second kappa shape index (κ2) is 3.51. The summed E-state index contributed by atoms with van der Waals surface area (Å²) in [6, 6.07) is 9.46. The maximum atomic E-state index is 5.07. The molecular weight excluding hydrogens is 138 g/mol. The van der Waals surface area contributed by atoms with Crippen LogP contribution in [0.2, 0.25) is 0 Å². The summed E-state index contributed by atoms with van der Waals surface area (Å²) >= 11 is 0. The zero-order chi connectivity index (χ0) is 8.10. The summed E-state index contributed by atoms with van der Waals surface area (Å²) < 4.78 is 0. The first-order chi connectivity index (χ1) is 5.38. The highest BCUT2D eigenvalue weighted by molar-refractivity contribution is 6.01. The molecule has 0 aliphatic rings. The van der Waals surface area contributed by atoms with Crippen molar-refractivity contribution in [2.45, 2.75) is 0 Å². The van der Waals surface area contributed by atoms with E-state index in [0.29, 0.717) is 5.84 Å². The fourth-order valence-corrected chi connectivity index (χ4v) is 0.794. The van der Waals surface area contributed by atoms with E-state index in [1.54, 1.807) is 0 Å². The monoisotopic (exact) mass is 147 g/mol. The Morgan fingerprint density at radius 1 is 1.27 bits per heavy atom. The van der Waals surface area contributed by atoms with Crippen LogP contribution in [0.4, 0.5) is 0 Å². The molecule has 0 fully saturated rings.